The minimum atomic E-state index is -0.906. The highest BCUT2D eigenvalue weighted by Gasteiger charge is 2.20. The first-order valence-electron chi connectivity index (χ1n) is 4.83. The average molecular weight is 396 g/mol. The maximum absolute atomic E-state index is 11.2. The molecule has 0 radical (unpaired) electrons. The van der Waals surface area contributed by atoms with Gasteiger partial charge in [-0.1, -0.05) is 0 Å². The first-order valence-corrected chi connectivity index (χ1v) is 7.24. The van der Waals surface area contributed by atoms with Crippen LogP contribution in [0.3, 0.4) is 0 Å². The van der Waals surface area contributed by atoms with E-state index in [1.165, 1.54) is 24.5 Å². The second-order valence-corrected chi connectivity index (χ2v) is 6.62. The molecule has 1 N–H and O–H groups in total. The summed E-state index contributed by atoms with van der Waals surface area (Å²) in [6.07, 6.45) is -0.906. The Morgan fingerprint density at radius 2 is 2.22 bits per heavy atom. The van der Waals surface area contributed by atoms with Gasteiger partial charge in [0.2, 0.25) is 5.76 Å². The Labute approximate surface area is 124 Å². The van der Waals surface area contributed by atoms with Gasteiger partial charge in [-0.15, -0.1) is 11.3 Å². The summed E-state index contributed by atoms with van der Waals surface area (Å²) in [5.74, 6) is -0.195. The fourth-order valence-electron chi connectivity index (χ4n) is 1.35. The molecular weight excluding hydrogens is 388 g/mol. The molecule has 0 aliphatic rings. The highest BCUT2D eigenvalue weighted by atomic mass is 79.9. The van der Waals surface area contributed by atoms with Gasteiger partial charge >= 0.3 is 5.97 Å². The van der Waals surface area contributed by atoms with Crippen LogP contribution in [0.2, 0.25) is 0 Å². The predicted octanol–water partition coefficient (Wildman–Crippen LogP) is 3.73. The van der Waals surface area contributed by atoms with Crippen LogP contribution in [0, 0.1) is 0 Å². The Hall–Kier alpha value is -0.630. The van der Waals surface area contributed by atoms with Crippen LogP contribution in [0.15, 0.2) is 30.9 Å². The number of esters is 1. The Morgan fingerprint density at radius 1 is 1.50 bits per heavy atom. The van der Waals surface area contributed by atoms with Crippen molar-refractivity contribution >= 4 is 49.2 Å². The van der Waals surface area contributed by atoms with E-state index in [4.69, 9.17) is 4.42 Å². The fraction of sp³-hybridized carbons (Fsp3) is 0.182. The first-order chi connectivity index (χ1) is 8.52. The minimum Gasteiger partial charge on any atom is -0.463 e. The average Bonchev–Trinajstić information content (AvgIpc) is 2.96. The molecule has 7 heteroatoms. The number of carbonyl (C=O) groups is 1. The monoisotopic (exact) mass is 394 g/mol. The molecule has 0 aliphatic heterocycles. The van der Waals surface area contributed by atoms with Gasteiger partial charge in [-0.05, 0) is 50.1 Å². The van der Waals surface area contributed by atoms with E-state index < -0.39 is 12.1 Å². The number of thiophene rings is 1. The van der Waals surface area contributed by atoms with Gasteiger partial charge in [-0.25, -0.2) is 4.79 Å². The molecule has 1 atom stereocenters. The van der Waals surface area contributed by atoms with E-state index in [1.54, 1.807) is 12.1 Å². The number of methoxy groups -OCH3 is 1. The van der Waals surface area contributed by atoms with Crippen LogP contribution < -0.4 is 0 Å². The number of aliphatic hydroxyl groups excluding tert-OH is 1. The van der Waals surface area contributed by atoms with Gasteiger partial charge < -0.3 is 14.3 Å². The fourth-order valence-corrected chi connectivity index (χ4v) is 3.43. The SMILES string of the molecule is COC(=O)c1ccc(C(O)c2cc(Br)c(Br)s2)o1. The largest absolute Gasteiger partial charge is 0.463 e. The maximum atomic E-state index is 11.2. The standard InChI is InChI=1S/C11H8Br2O4S/c1-16-11(15)7-3-2-6(17-7)9(14)8-4-5(12)10(13)18-8/h2-4,9,14H,1H3. The molecule has 0 saturated heterocycles. The summed E-state index contributed by atoms with van der Waals surface area (Å²) >= 11 is 8.08. The van der Waals surface area contributed by atoms with Crippen molar-refractivity contribution < 1.29 is 19.1 Å². The second kappa shape index (κ2) is 5.56. The van der Waals surface area contributed by atoms with E-state index in [2.05, 4.69) is 36.6 Å². The molecule has 96 valence electrons. The number of hydrogen-bond donors (Lipinski definition) is 1. The van der Waals surface area contributed by atoms with Crippen molar-refractivity contribution in [2.75, 3.05) is 7.11 Å². The van der Waals surface area contributed by atoms with E-state index in [1.807, 2.05) is 0 Å². The first kappa shape index (κ1) is 13.8. The lowest BCUT2D eigenvalue weighted by Crippen LogP contribution is -1.99. The van der Waals surface area contributed by atoms with Crippen LogP contribution in [-0.4, -0.2) is 18.2 Å². The number of aliphatic hydroxyl groups is 1. The molecule has 0 amide bonds. The van der Waals surface area contributed by atoms with Crippen molar-refractivity contribution in [2.24, 2.45) is 0 Å². The number of halogens is 2. The lowest BCUT2D eigenvalue weighted by atomic mass is 10.2. The van der Waals surface area contributed by atoms with E-state index in [0.29, 0.717) is 10.6 Å². The van der Waals surface area contributed by atoms with Gasteiger partial charge in [0.15, 0.2) is 0 Å². The third-order valence-corrected chi connectivity index (χ3v) is 5.53. The van der Waals surface area contributed by atoms with Gasteiger partial charge in [0, 0.05) is 9.35 Å². The van der Waals surface area contributed by atoms with Gasteiger partial charge in [-0.3, -0.25) is 0 Å². The molecular formula is C11H8Br2O4S. The zero-order valence-corrected chi connectivity index (χ0v) is 13.1. The number of ether oxygens (including phenoxy) is 1. The molecule has 0 aliphatic carbocycles. The van der Waals surface area contributed by atoms with Crippen molar-refractivity contribution in [3.63, 3.8) is 0 Å². The van der Waals surface area contributed by atoms with E-state index in [-0.39, 0.29) is 5.76 Å². The van der Waals surface area contributed by atoms with Crippen LogP contribution in [0.4, 0.5) is 0 Å². The summed E-state index contributed by atoms with van der Waals surface area (Å²) in [6.45, 7) is 0. The molecule has 2 aromatic heterocycles. The quantitative estimate of drug-likeness (QED) is 0.804. The molecule has 0 fully saturated rings. The van der Waals surface area contributed by atoms with Crippen molar-refractivity contribution in [3.8, 4) is 0 Å². The molecule has 0 bridgehead atoms. The molecule has 2 heterocycles. The summed E-state index contributed by atoms with van der Waals surface area (Å²) in [5, 5.41) is 10.1. The third-order valence-electron chi connectivity index (χ3n) is 2.22. The Bertz CT molecular complexity index is 556. The van der Waals surface area contributed by atoms with Crippen molar-refractivity contribution in [1.82, 2.24) is 0 Å². The number of hydrogen-bond acceptors (Lipinski definition) is 5. The molecule has 0 saturated carbocycles. The van der Waals surface area contributed by atoms with Crippen LogP contribution in [-0.2, 0) is 4.74 Å². The van der Waals surface area contributed by atoms with E-state index in [9.17, 15) is 9.90 Å². The summed E-state index contributed by atoms with van der Waals surface area (Å²) in [6, 6.07) is 4.82. The van der Waals surface area contributed by atoms with Crippen LogP contribution >= 0.6 is 43.2 Å². The summed E-state index contributed by atoms with van der Waals surface area (Å²) in [4.78, 5) is 11.9. The minimum absolute atomic E-state index is 0.0706. The zero-order chi connectivity index (χ0) is 13.3. The van der Waals surface area contributed by atoms with Gasteiger partial charge in [0.05, 0.1) is 10.9 Å². The van der Waals surface area contributed by atoms with Crippen molar-refractivity contribution in [3.05, 3.63) is 42.9 Å². The Morgan fingerprint density at radius 3 is 2.78 bits per heavy atom. The van der Waals surface area contributed by atoms with Crippen LogP contribution in [0.1, 0.15) is 27.3 Å². The van der Waals surface area contributed by atoms with Crippen LogP contribution in [0.5, 0.6) is 0 Å². The maximum Gasteiger partial charge on any atom is 0.373 e. The zero-order valence-electron chi connectivity index (χ0n) is 9.15. The predicted molar refractivity (Wildman–Crippen MR) is 73.8 cm³/mol. The molecule has 4 nitrogen and oxygen atoms in total. The smallest absolute Gasteiger partial charge is 0.373 e. The summed E-state index contributed by atoms with van der Waals surface area (Å²) in [7, 11) is 1.27. The Balaban J connectivity index is 2.26. The molecule has 2 rings (SSSR count). The lowest BCUT2D eigenvalue weighted by Gasteiger charge is -2.04. The highest BCUT2D eigenvalue weighted by Crippen LogP contribution is 2.37. The van der Waals surface area contributed by atoms with E-state index >= 15 is 0 Å². The summed E-state index contributed by atoms with van der Waals surface area (Å²) < 4.78 is 11.5. The van der Waals surface area contributed by atoms with Gasteiger partial charge in [-0.2, -0.15) is 0 Å². The molecule has 0 spiro atoms. The molecule has 0 aromatic carbocycles. The highest BCUT2D eigenvalue weighted by molar-refractivity contribution is 9.13. The summed E-state index contributed by atoms with van der Waals surface area (Å²) in [5.41, 5.74) is 0. The van der Waals surface area contributed by atoms with Crippen molar-refractivity contribution in [1.29, 1.82) is 0 Å². The number of furan rings is 1. The van der Waals surface area contributed by atoms with Crippen molar-refractivity contribution in [2.45, 2.75) is 6.10 Å². The van der Waals surface area contributed by atoms with Crippen LogP contribution in [0.25, 0.3) is 0 Å². The molecule has 2 aromatic rings. The second-order valence-electron chi connectivity index (χ2n) is 3.37. The van der Waals surface area contributed by atoms with E-state index in [0.717, 1.165) is 8.26 Å². The van der Waals surface area contributed by atoms with Gasteiger partial charge in [0.1, 0.15) is 11.9 Å². The normalized spacial score (nSPS) is 12.4. The van der Waals surface area contributed by atoms with Gasteiger partial charge in [0.25, 0.3) is 0 Å². The third kappa shape index (κ3) is 2.69. The molecule has 1 unspecified atom stereocenters. The number of rotatable bonds is 3. The lowest BCUT2D eigenvalue weighted by molar-refractivity contribution is 0.0558. The number of carbonyl (C=O) groups excluding carboxylic acids is 1. The molecule has 18 heavy (non-hydrogen) atoms. The topological polar surface area (TPSA) is 59.7 Å². The Kier molecular flexibility index (Phi) is 4.26.